The van der Waals surface area contributed by atoms with Crippen molar-refractivity contribution in [1.82, 2.24) is 9.88 Å². The van der Waals surface area contributed by atoms with Crippen LogP contribution in [0, 0.1) is 6.92 Å². The number of carboxylic acid groups (broad SMARTS) is 1. The van der Waals surface area contributed by atoms with E-state index in [1.165, 1.54) is 16.2 Å². The molecule has 8 heteroatoms. The van der Waals surface area contributed by atoms with Gasteiger partial charge in [-0.3, -0.25) is 4.98 Å². The third-order valence-electron chi connectivity index (χ3n) is 5.19. The van der Waals surface area contributed by atoms with Crippen molar-refractivity contribution in [2.45, 2.75) is 26.1 Å². The number of aryl methyl sites for hydroxylation is 1. The Morgan fingerprint density at radius 1 is 1.38 bits per heavy atom. The number of rotatable bonds is 4. The zero-order valence-corrected chi connectivity index (χ0v) is 17.5. The quantitative estimate of drug-likeness (QED) is 0.640. The first-order valence-electron chi connectivity index (χ1n) is 9.33. The summed E-state index contributed by atoms with van der Waals surface area (Å²) in [5, 5.41) is 19.5. The van der Waals surface area contributed by atoms with Crippen molar-refractivity contribution in [3.05, 3.63) is 51.5 Å². The molecular formula is C21H21ClN2O4S. The predicted molar refractivity (Wildman–Crippen MR) is 114 cm³/mol. The predicted octanol–water partition coefficient (Wildman–Crippen LogP) is 4.34. The number of aromatic nitrogens is 1. The van der Waals surface area contributed by atoms with Crippen molar-refractivity contribution in [3.8, 4) is 11.1 Å². The van der Waals surface area contributed by atoms with Gasteiger partial charge in [-0.15, -0.1) is 11.3 Å². The molecule has 1 aromatic carbocycles. The van der Waals surface area contributed by atoms with Crippen LogP contribution in [0.1, 0.15) is 16.0 Å². The molecule has 1 aliphatic heterocycles. The van der Waals surface area contributed by atoms with E-state index in [0.29, 0.717) is 31.1 Å². The molecule has 1 amide bonds. The minimum Gasteiger partial charge on any atom is -0.465 e. The van der Waals surface area contributed by atoms with Crippen LogP contribution in [-0.2, 0) is 17.8 Å². The van der Waals surface area contributed by atoms with Gasteiger partial charge >= 0.3 is 6.09 Å². The second-order valence-corrected chi connectivity index (χ2v) is 8.69. The standard InChI is InChI=1S/C21H21ClN2O4S/c1-12-6-13(22)7-18(16-2-3-23-19-9-15(11-25)29-20(16)19)17(12)8-14-10-24(21(26)27)4-5-28-14/h2-3,6-7,9,14,25H,4-5,8,10-11H2,1H3,(H,26,27). The molecule has 3 aromatic rings. The SMILES string of the molecule is Cc1cc(Cl)cc(-c2ccnc3cc(CO)sc23)c1CC1CN(C(=O)O)CCO1. The molecule has 0 bridgehead atoms. The summed E-state index contributed by atoms with van der Waals surface area (Å²) in [6.45, 7) is 3.11. The highest BCUT2D eigenvalue weighted by Gasteiger charge is 2.26. The molecule has 1 aliphatic rings. The largest absolute Gasteiger partial charge is 0.465 e. The van der Waals surface area contributed by atoms with Gasteiger partial charge in [-0.2, -0.15) is 0 Å². The zero-order chi connectivity index (χ0) is 20.5. The van der Waals surface area contributed by atoms with Crippen LogP contribution in [0.2, 0.25) is 5.02 Å². The topological polar surface area (TPSA) is 82.9 Å². The molecule has 6 nitrogen and oxygen atoms in total. The molecule has 2 aromatic heterocycles. The Morgan fingerprint density at radius 2 is 2.21 bits per heavy atom. The lowest BCUT2D eigenvalue weighted by molar-refractivity contribution is -0.0210. The number of carbonyl (C=O) groups is 1. The van der Waals surface area contributed by atoms with E-state index in [-0.39, 0.29) is 12.7 Å². The van der Waals surface area contributed by atoms with Crippen LogP contribution in [0.5, 0.6) is 0 Å². The van der Waals surface area contributed by atoms with Crippen molar-refractivity contribution >= 4 is 39.2 Å². The number of ether oxygens (including phenoxy) is 1. The average Bonchev–Trinajstić information content (AvgIpc) is 3.13. The minimum absolute atomic E-state index is 0.0250. The fourth-order valence-electron chi connectivity index (χ4n) is 3.81. The van der Waals surface area contributed by atoms with Gasteiger partial charge in [0, 0.05) is 34.6 Å². The summed E-state index contributed by atoms with van der Waals surface area (Å²) in [6.07, 6.45) is 1.21. The second-order valence-electron chi connectivity index (χ2n) is 7.12. The van der Waals surface area contributed by atoms with Crippen LogP contribution >= 0.6 is 22.9 Å². The third kappa shape index (κ3) is 4.09. The summed E-state index contributed by atoms with van der Waals surface area (Å²) in [5.41, 5.74) is 4.95. The van der Waals surface area contributed by atoms with E-state index >= 15 is 0 Å². The van der Waals surface area contributed by atoms with Gasteiger partial charge in [0.1, 0.15) is 0 Å². The molecule has 2 N–H and O–H groups in total. The summed E-state index contributed by atoms with van der Waals surface area (Å²) in [5.74, 6) is 0. The molecule has 1 saturated heterocycles. The van der Waals surface area contributed by atoms with E-state index in [1.54, 1.807) is 6.20 Å². The molecule has 0 spiro atoms. The van der Waals surface area contributed by atoms with E-state index in [4.69, 9.17) is 16.3 Å². The van der Waals surface area contributed by atoms with Crippen LogP contribution in [0.3, 0.4) is 0 Å². The molecule has 1 unspecified atom stereocenters. The molecule has 152 valence electrons. The minimum atomic E-state index is -0.919. The maximum absolute atomic E-state index is 11.4. The first kappa shape index (κ1) is 20.1. The number of hydrogen-bond acceptors (Lipinski definition) is 5. The van der Waals surface area contributed by atoms with E-state index in [9.17, 15) is 15.0 Å². The monoisotopic (exact) mass is 432 g/mol. The number of halogens is 1. The van der Waals surface area contributed by atoms with Crippen LogP contribution in [0.4, 0.5) is 4.79 Å². The first-order chi connectivity index (χ1) is 14.0. The Balaban J connectivity index is 1.77. The number of aliphatic hydroxyl groups excluding tert-OH is 1. The molecule has 0 radical (unpaired) electrons. The molecule has 1 atom stereocenters. The number of amides is 1. The molecule has 0 saturated carbocycles. The summed E-state index contributed by atoms with van der Waals surface area (Å²) in [7, 11) is 0. The fourth-order valence-corrected chi connectivity index (χ4v) is 5.08. The van der Waals surface area contributed by atoms with E-state index in [0.717, 1.165) is 37.3 Å². The lowest BCUT2D eigenvalue weighted by atomic mass is 9.92. The molecule has 0 aliphatic carbocycles. The number of thiophene rings is 1. The normalized spacial score (nSPS) is 17.1. The number of benzene rings is 1. The van der Waals surface area contributed by atoms with Gasteiger partial charge in [0.15, 0.2) is 0 Å². The van der Waals surface area contributed by atoms with E-state index in [1.807, 2.05) is 31.2 Å². The van der Waals surface area contributed by atoms with Gasteiger partial charge < -0.3 is 19.8 Å². The van der Waals surface area contributed by atoms with Gasteiger partial charge in [-0.05, 0) is 47.9 Å². The number of fused-ring (bicyclic) bond motifs is 1. The Labute approximate surface area is 177 Å². The fraction of sp³-hybridized carbons (Fsp3) is 0.333. The van der Waals surface area contributed by atoms with Crippen molar-refractivity contribution < 1.29 is 19.7 Å². The number of nitrogens with zero attached hydrogens (tertiary/aromatic N) is 2. The van der Waals surface area contributed by atoms with Crippen molar-refractivity contribution in [1.29, 1.82) is 0 Å². The molecule has 29 heavy (non-hydrogen) atoms. The Bertz CT molecular complexity index is 1070. The smallest absolute Gasteiger partial charge is 0.407 e. The maximum atomic E-state index is 11.4. The van der Waals surface area contributed by atoms with Gasteiger partial charge in [0.2, 0.25) is 0 Å². The third-order valence-corrected chi connectivity index (χ3v) is 6.55. The lowest BCUT2D eigenvalue weighted by Gasteiger charge is -2.32. The Hall–Kier alpha value is -2.19. The number of aliphatic hydroxyl groups is 1. The van der Waals surface area contributed by atoms with Crippen LogP contribution in [-0.4, -0.2) is 52.0 Å². The molecule has 4 rings (SSSR count). The summed E-state index contributed by atoms with van der Waals surface area (Å²) in [4.78, 5) is 18.0. The van der Waals surface area contributed by atoms with Gasteiger partial charge in [-0.25, -0.2) is 4.79 Å². The highest BCUT2D eigenvalue weighted by atomic mass is 35.5. The van der Waals surface area contributed by atoms with Crippen molar-refractivity contribution in [2.75, 3.05) is 19.7 Å². The van der Waals surface area contributed by atoms with Crippen LogP contribution < -0.4 is 0 Å². The molecule has 3 heterocycles. The molecular weight excluding hydrogens is 412 g/mol. The number of pyridine rings is 1. The molecule has 1 fully saturated rings. The summed E-state index contributed by atoms with van der Waals surface area (Å²) < 4.78 is 6.86. The second kappa shape index (κ2) is 8.28. The van der Waals surface area contributed by atoms with Gasteiger partial charge in [-0.1, -0.05) is 11.6 Å². The maximum Gasteiger partial charge on any atom is 0.407 e. The average molecular weight is 433 g/mol. The zero-order valence-electron chi connectivity index (χ0n) is 15.9. The highest BCUT2D eigenvalue weighted by molar-refractivity contribution is 7.19. The highest BCUT2D eigenvalue weighted by Crippen LogP contribution is 2.38. The van der Waals surface area contributed by atoms with E-state index < -0.39 is 6.09 Å². The van der Waals surface area contributed by atoms with Crippen molar-refractivity contribution in [2.24, 2.45) is 0 Å². The van der Waals surface area contributed by atoms with Crippen LogP contribution in [0.25, 0.3) is 21.3 Å². The van der Waals surface area contributed by atoms with Gasteiger partial charge in [0.25, 0.3) is 0 Å². The lowest BCUT2D eigenvalue weighted by Crippen LogP contribution is -2.45. The number of hydrogen-bond donors (Lipinski definition) is 2. The summed E-state index contributed by atoms with van der Waals surface area (Å²) in [6, 6.07) is 7.72. The summed E-state index contributed by atoms with van der Waals surface area (Å²) >= 11 is 7.91. The van der Waals surface area contributed by atoms with E-state index in [2.05, 4.69) is 4.98 Å². The van der Waals surface area contributed by atoms with Crippen molar-refractivity contribution in [3.63, 3.8) is 0 Å². The Morgan fingerprint density at radius 3 is 2.97 bits per heavy atom. The number of morpholine rings is 1. The van der Waals surface area contributed by atoms with Crippen LogP contribution in [0.15, 0.2) is 30.5 Å². The first-order valence-corrected chi connectivity index (χ1v) is 10.5. The Kier molecular flexibility index (Phi) is 5.74. The van der Waals surface area contributed by atoms with Gasteiger partial charge in [0.05, 0.1) is 36.1 Å².